The van der Waals surface area contributed by atoms with E-state index in [-0.39, 0.29) is 36.1 Å². The van der Waals surface area contributed by atoms with Crippen LogP contribution in [0.3, 0.4) is 0 Å². The van der Waals surface area contributed by atoms with Crippen LogP contribution in [0.1, 0.15) is 62.0 Å². The summed E-state index contributed by atoms with van der Waals surface area (Å²) >= 11 is 0. The van der Waals surface area contributed by atoms with E-state index in [0.717, 1.165) is 12.8 Å². The SMILES string of the molecule is COCc1cn2c(Nc3cc([C@H]4C[C@@H](F)[C@@H](OC(=O)NC5(C)CC5)C4)[nH]n3)nc(C(F)F)cc2n1. The first-order valence-corrected chi connectivity index (χ1v) is 11.3. The molecule has 3 aromatic rings. The number of hydrogen-bond acceptors (Lipinski definition) is 7. The summed E-state index contributed by atoms with van der Waals surface area (Å²) in [7, 11) is 1.51. The van der Waals surface area contributed by atoms with Crippen LogP contribution in [0, 0.1) is 0 Å². The molecule has 3 aromatic heterocycles. The van der Waals surface area contributed by atoms with Crippen molar-refractivity contribution in [3.8, 4) is 0 Å². The van der Waals surface area contributed by atoms with E-state index in [2.05, 4.69) is 30.8 Å². The molecule has 10 nitrogen and oxygen atoms in total. The Morgan fingerprint density at radius 1 is 1.31 bits per heavy atom. The normalized spacial score (nSPS) is 23.1. The Morgan fingerprint density at radius 3 is 2.83 bits per heavy atom. The summed E-state index contributed by atoms with van der Waals surface area (Å²) in [5.74, 6) is 0.178. The Kier molecular flexibility index (Phi) is 6.03. The van der Waals surface area contributed by atoms with Crippen molar-refractivity contribution in [1.82, 2.24) is 29.9 Å². The zero-order valence-electron chi connectivity index (χ0n) is 19.2. The molecule has 0 aliphatic heterocycles. The predicted octanol–water partition coefficient (Wildman–Crippen LogP) is 4.14. The van der Waals surface area contributed by atoms with Gasteiger partial charge in [-0.05, 0) is 32.6 Å². The molecule has 5 rings (SSSR count). The van der Waals surface area contributed by atoms with Gasteiger partial charge in [0.15, 0.2) is 5.82 Å². The molecule has 2 saturated carbocycles. The summed E-state index contributed by atoms with van der Waals surface area (Å²) in [5, 5.41) is 12.8. The zero-order chi connectivity index (χ0) is 24.7. The molecule has 3 heterocycles. The van der Waals surface area contributed by atoms with Gasteiger partial charge >= 0.3 is 6.09 Å². The molecule has 1 amide bonds. The van der Waals surface area contributed by atoms with Crippen LogP contribution >= 0.6 is 0 Å². The minimum absolute atomic E-state index is 0.104. The number of halogens is 3. The van der Waals surface area contributed by atoms with Crippen LogP contribution < -0.4 is 10.6 Å². The van der Waals surface area contributed by atoms with Crippen molar-refractivity contribution in [2.75, 3.05) is 12.4 Å². The molecule has 0 bridgehead atoms. The molecule has 0 spiro atoms. The lowest BCUT2D eigenvalue weighted by atomic mass is 10.0. The van der Waals surface area contributed by atoms with Crippen LogP contribution in [-0.2, 0) is 16.1 Å². The number of hydrogen-bond donors (Lipinski definition) is 3. The summed E-state index contributed by atoms with van der Waals surface area (Å²) in [6.07, 6.45) is -1.67. The van der Waals surface area contributed by atoms with Gasteiger partial charge in [-0.3, -0.25) is 9.50 Å². The van der Waals surface area contributed by atoms with Crippen molar-refractivity contribution in [3.05, 3.63) is 35.4 Å². The van der Waals surface area contributed by atoms with Gasteiger partial charge in [0.25, 0.3) is 6.43 Å². The quantitative estimate of drug-likeness (QED) is 0.432. The van der Waals surface area contributed by atoms with Crippen LogP contribution in [0.25, 0.3) is 5.65 Å². The summed E-state index contributed by atoms with van der Waals surface area (Å²) in [6.45, 7) is 2.13. The number of aromatic amines is 1. The second kappa shape index (κ2) is 9.02. The van der Waals surface area contributed by atoms with Gasteiger partial charge in [-0.1, -0.05) is 0 Å². The molecule has 35 heavy (non-hydrogen) atoms. The lowest BCUT2D eigenvalue weighted by molar-refractivity contribution is 0.0583. The molecule has 2 fully saturated rings. The highest BCUT2D eigenvalue weighted by atomic mass is 19.3. The minimum Gasteiger partial charge on any atom is -0.443 e. The maximum atomic E-state index is 14.6. The van der Waals surface area contributed by atoms with Crippen LogP contribution in [0.5, 0.6) is 0 Å². The molecule has 3 atom stereocenters. The summed E-state index contributed by atoms with van der Waals surface area (Å²) in [5.41, 5.74) is 0.806. The maximum absolute atomic E-state index is 14.6. The van der Waals surface area contributed by atoms with E-state index >= 15 is 0 Å². The second-order valence-corrected chi connectivity index (χ2v) is 9.35. The number of imidazole rings is 1. The summed E-state index contributed by atoms with van der Waals surface area (Å²) in [6, 6.07) is 2.88. The molecule has 13 heteroatoms. The molecular formula is C22H26F3N7O3. The Balaban J connectivity index is 1.29. The number of methoxy groups -OCH3 is 1. The fraction of sp³-hybridized carbons (Fsp3) is 0.545. The topological polar surface area (TPSA) is 118 Å². The number of carbonyl (C=O) groups is 1. The average Bonchev–Trinajstić information content (AvgIpc) is 3.15. The number of fused-ring (bicyclic) bond motifs is 1. The second-order valence-electron chi connectivity index (χ2n) is 9.35. The van der Waals surface area contributed by atoms with E-state index in [4.69, 9.17) is 9.47 Å². The first-order chi connectivity index (χ1) is 16.7. The number of amides is 1. The van der Waals surface area contributed by atoms with Gasteiger partial charge in [0.1, 0.15) is 23.6 Å². The van der Waals surface area contributed by atoms with E-state index in [0.29, 0.717) is 23.6 Å². The van der Waals surface area contributed by atoms with Crippen LogP contribution in [0.2, 0.25) is 0 Å². The van der Waals surface area contributed by atoms with Crippen molar-refractivity contribution in [1.29, 1.82) is 0 Å². The van der Waals surface area contributed by atoms with E-state index in [1.165, 1.54) is 17.6 Å². The summed E-state index contributed by atoms with van der Waals surface area (Å²) in [4.78, 5) is 20.4. The average molecular weight is 493 g/mol. The monoisotopic (exact) mass is 493 g/mol. The van der Waals surface area contributed by atoms with Crippen molar-refractivity contribution in [2.45, 2.75) is 69.4 Å². The number of rotatable bonds is 8. The Labute approximate surface area is 198 Å². The highest BCUT2D eigenvalue weighted by Crippen LogP contribution is 2.39. The molecule has 2 aliphatic rings. The van der Waals surface area contributed by atoms with Gasteiger partial charge < -0.3 is 20.1 Å². The highest BCUT2D eigenvalue weighted by Gasteiger charge is 2.42. The van der Waals surface area contributed by atoms with Gasteiger partial charge in [0.05, 0.1) is 12.3 Å². The number of nitrogens with zero attached hydrogens (tertiary/aromatic N) is 4. The Hall–Kier alpha value is -3.35. The van der Waals surface area contributed by atoms with Gasteiger partial charge in [-0.15, -0.1) is 0 Å². The number of aromatic nitrogens is 5. The highest BCUT2D eigenvalue weighted by molar-refractivity contribution is 5.69. The van der Waals surface area contributed by atoms with E-state index in [1.807, 2.05) is 6.92 Å². The molecule has 3 N–H and O–H groups in total. The molecule has 0 saturated heterocycles. The van der Waals surface area contributed by atoms with Gasteiger partial charge in [-0.2, -0.15) is 5.10 Å². The number of carbonyl (C=O) groups excluding carboxylic acids is 1. The number of nitrogens with one attached hydrogen (secondary N) is 3. The van der Waals surface area contributed by atoms with E-state index < -0.39 is 30.5 Å². The largest absolute Gasteiger partial charge is 0.443 e. The first-order valence-electron chi connectivity index (χ1n) is 11.3. The number of alkyl halides is 3. The number of ether oxygens (including phenoxy) is 2. The molecule has 0 unspecified atom stereocenters. The van der Waals surface area contributed by atoms with Crippen molar-refractivity contribution in [3.63, 3.8) is 0 Å². The third-order valence-corrected chi connectivity index (χ3v) is 6.41. The van der Waals surface area contributed by atoms with Gasteiger partial charge in [-0.25, -0.2) is 27.9 Å². The molecule has 0 aromatic carbocycles. The predicted molar refractivity (Wildman–Crippen MR) is 118 cm³/mol. The van der Waals surface area contributed by atoms with Crippen molar-refractivity contribution < 1.29 is 27.4 Å². The Bertz CT molecular complexity index is 1230. The van der Waals surface area contributed by atoms with Crippen LogP contribution in [0.4, 0.5) is 29.7 Å². The summed E-state index contributed by atoms with van der Waals surface area (Å²) < 4.78 is 53.3. The maximum Gasteiger partial charge on any atom is 0.407 e. The van der Waals surface area contributed by atoms with Gasteiger partial charge in [0, 0.05) is 42.6 Å². The van der Waals surface area contributed by atoms with Gasteiger partial charge in [0.2, 0.25) is 5.95 Å². The third-order valence-electron chi connectivity index (χ3n) is 6.41. The molecule has 0 radical (unpaired) electrons. The number of H-pyrrole nitrogens is 1. The fourth-order valence-corrected chi connectivity index (χ4v) is 4.25. The van der Waals surface area contributed by atoms with Crippen LogP contribution in [-0.4, -0.2) is 55.6 Å². The number of anilines is 2. The zero-order valence-corrected chi connectivity index (χ0v) is 19.2. The minimum atomic E-state index is -2.78. The van der Waals surface area contributed by atoms with Crippen molar-refractivity contribution in [2.24, 2.45) is 0 Å². The molecular weight excluding hydrogens is 467 g/mol. The lowest BCUT2D eigenvalue weighted by Gasteiger charge is -2.17. The standard InChI is InChI=1S/C22H26F3N7O3/c1-22(3-4-22)29-21(33)35-16-6-11(5-13(16)23)14-7-17(31-30-14)28-20-27-15(19(24)25)8-18-26-12(10-34-2)9-32(18)20/h7-9,11,13,16,19H,3-6,10H2,1-2H3,(H,29,33)(H2,27,28,30,31)/t11-,13+,16-/m0/s1. The van der Waals surface area contributed by atoms with E-state index in [9.17, 15) is 18.0 Å². The lowest BCUT2D eigenvalue weighted by Crippen LogP contribution is -2.38. The smallest absolute Gasteiger partial charge is 0.407 e. The fourth-order valence-electron chi connectivity index (χ4n) is 4.25. The molecule has 188 valence electrons. The third kappa shape index (κ3) is 5.04. The Morgan fingerprint density at radius 2 is 2.11 bits per heavy atom. The van der Waals surface area contributed by atoms with E-state index in [1.54, 1.807) is 12.3 Å². The van der Waals surface area contributed by atoms with Crippen LogP contribution in [0.15, 0.2) is 18.3 Å². The first kappa shape index (κ1) is 23.4. The van der Waals surface area contributed by atoms with Crippen molar-refractivity contribution >= 4 is 23.5 Å². The molecule has 2 aliphatic carbocycles. The number of alkyl carbamates (subject to hydrolysis) is 1.